The molecule has 0 aromatic carbocycles. The quantitative estimate of drug-likeness (QED) is 0.0322. The van der Waals surface area contributed by atoms with E-state index in [-0.39, 0.29) is 18.5 Å². The van der Waals surface area contributed by atoms with Gasteiger partial charge in [0.2, 0.25) is 5.91 Å². The molecule has 2 unspecified atom stereocenters. The van der Waals surface area contributed by atoms with Crippen LogP contribution in [-0.4, -0.2) is 47.4 Å². The van der Waals surface area contributed by atoms with Crippen molar-refractivity contribution in [1.29, 1.82) is 0 Å². The van der Waals surface area contributed by atoms with Crippen molar-refractivity contribution >= 4 is 11.9 Å². The lowest BCUT2D eigenvalue weighted by molar-refractivity contribution is -0.143. The molecule has 0 rings (SSSR count). The molecule has 0 saturated heterocycles. The van der Waals surface area contributed by atoms with Crippen LogP contribution in [0.1, 0.15) is 296 Å². The SMILES string of the molecule is CCCCCCCCCCCCCCCCCCCCC/C=C/C(O)C(CO)NC(=O)CCCCCCCCCCCOC(=O)CCCCCCCCCCCCCCC. The monoisotopic (exact) mass is 848 g/mol. The molecule has 2 atom stereocenters. The Morgan fingerprint density at radius 2 is 0.767 bits per heavy atom. The van der Waals surface area contributed by atoms with Crippen LogP contribution in [0.15, 0.2) is 12.2 Å². The van der Waals surface area contributed by atoms with E-state index in [0.29, 0.717) is 19.4 Å². The number of nitrogens with one attached hydrogen (secondary N) is 1. The van der Waals surface area contributed by atoms with E-state index in [0.717, 1.165) is 57.8 Å². The first-order valence-corrected chi connectivity index (χ1v) is 27.0. The van der Waals surface area contributed by atoms with Crippen LogP contribution >= 0.6 is 0 Å². The fraction of sp³-hybridized carbons (Fsp3) is 0.926. The Hall–Kier alpha value is -1.40. The number of esters is 1. The Kier molecular flexibility index (Phi) is 49.1. The van der Waals surface area contributed by atoms with Crippen molar-refractivity contribution in [2.24, 2.45) is 0 Å². The summed E-state index contributed by atoms with van der Waals surface area (Å²) in [5, 5.41) is 23.1. The van der Waals surface area contributed by atoms with E-state index in [4.69, 9.17) is 4.74 Å². The number of hydrogen-bond acceptors (Lipinski definition) is 5. The summed E-state index contributed by atoms with van der Waals surface area (Å²) in [5.41, 5.74) is 0. The van der Waals surface area contributed by atoms with Crippen LogP contribution in [0.4, 0.5) is 0 Å². The molecule has 0 fully saturated rings. The summed E-state index contributed by atoms with van der Waals surface area (Å²) in [5.74, 6) is -0.117. The van der Waals surface area contributed by atoms with Crippen molar-refractivity contribution < 1.29 is 24.5 Å². The molecule has 0 aromatic rings. The van der Waals surface area contributed by atoms with Gasteiger partial charge in [0.25, 0.3) is 0 Å². The van der Waals surface area contributed by atoms with E-state index in [1.807, 2.05) is 6.08 Å². The molecule has 1 amide bonds. The van der Waals surface area contributed by atoms with Crippen LogP contribution in [0.2, 0.25) is 0 Å². The van der Waals surface area contributed by atoms with Gasteiger partial charge < -0.3 is 20.3 Å². The van der Waals surface area contributed by atoms with Gasteiger partial charge in [-0.3, -0.25) is 9.59 Å². The van der Waals surface area contributed by atoms with Crippen LogP contribution < -0.4 is 5.32 Å². The predicted molar refractivity (Wildman–Crippen MR) is 260 cm³/mol. The Balaban J connectivity index is 3.51. The zero-order valence-corrected chi connectivity index (χ0v) is 40.5. The fourth-order valence-electron chi connectivity index (χ4n) is 8.40. The van der Waals surface area contributed by atoms with Crippen LogP contribution in [0.3, 0.4) is 0 Å². The van der Waals surface area contributed by atoms with E-state index in [1.54, 1.807) is 6.08 Å². The highest BCUT2D eigenvalue weighted by Crippen LogP contribution is 2.17. The summed E-state index contributed by atoms with van der Waals surface area (Å²) in [6.07, 6.45) is 57.9. The number of rotatable bonds is 50. The summed E-state index contributed by atoms with van der Waals surface area (Å²) >= 11 is 0. The molecule has 0 heterocycles. The molecule has 60 heavy (non-hydrogen) atoms. The van der Waals surface area contributed by atoms with Gasteiger partial charge in [-0.1, -0.05) is 264 Å². The highest BCUT2D eigenvalue weighted by molar-refractivity contribution is 5.76. The predicted octanol–water partition coefficient (Wildman–Crippen LogP) is 16.1. The van der Waals surface area contributed by atoms with Crippen LogP contribution in [0, 0.1) is 0 Å². The van der Waals surface area contributed by atoms with Gasteiger partial charge in [0.15, 0.2) is 0 Å². The number of hydrogen-bond donors (Lipinski definition) is 3. The van der Waals surface area contributed by atoms with Crippen molar-refractivity contribution in [3.05, 3.63) is 12.2 Å². The maximum Gasteiger partial charge on any atom is 0.305 e. The van der Waals surface area contributed by atoms with Gasteiger partial charge >= 0.3 is 5.97 Å². The van der Waals surface area contributed by atoms with Crippen molar-refractivity contribution in [1.82, 2.24) is 5.32 Å². The lowest BCUT2D eigenvalue weighted by Gasteiger charge is -2.20. The van der Waals surface area contributed by atoms with Crippen molar-refractivity contribution in [2.75, 3.05) is 13.2 Å². The maximum atomic E-state index is 12.4. The Morgan fingerprint density at radius 3 is 1.13 bits per heavy atom. The molecule has 0 saturated carbocycles. The summed E-state index contributed by atoms with van der Waals surface area (Å²) < 4.78 is 5.45. The molecule has 0 aliphatic rings. The van der Waals surface area contributed by atoms with Gasteiger partial charge in [-0.05, 0) is 32.1 Å². The molecule has 356 valence electrons. The third-order valence-electron chi connectivity index (χ3n) is 12.6. The molecule has 6 nitrogen and oxygen atoms in total. The van der Waals surface area contributed by atoms with Gasteiger partial charge in [-0.15, -0.1) is 0 Å². The molecule has 0 bridgehead atoms. The van der Waals surface area contributed by atoms with Crippen molar-refractivity contribution in [2.45, 2.75) is 309 Å². The number of aliphatic hydroxyl groups is 2. The zero-order chi connectivity index (χ0) is 43.7. The molecular weight excluding hydrogens is 743 g/mol. The second kappa shape index (κ2) is 50.2. The molecule has 0 radical (unpaired) electrons. The highest BCUT2D eigenvalue weighted by atomic mass is 16.5. The first-order valence-electron chi connectivity index (χ1n) is 27.0. The molecule has 3 N–H and O–H groups in total. The Bertz CT molecular complexity index is 893. The van der Waals surface area contributed by atoms with E-state index in [9.17, 15) is 19.8 Å². The van der Waals surface area contributed by atoms with Gasteiger partial charge in [0, 0.05) is 12.8 Å². The molecular formula is C54H105NO5. The average Bonchev–Trinajstić information content (AvgIpc) is 3.25. The standard InChI is InChI=1S/C54H105NO5/c1-3-5-7-9-11-13-15-17-18-19-20-21-22-23-24-26-27-30-34-38-42-46-52(57)51(50-56)55-53(58)47-43-39-35-31-29-33-37-41-45-49-60-54(59)48-44-40-36-32-28-25-16-14-12-10-8-6-4-2/h42,46,51-52,56-57H,3-41,43-45,47-50H2,1-2H3,(H,55,58)/b46-42+. The second-order valence-corrected chi connectivity index (χ2v) is 18.6. The van der Waals surface area contributed by atoms with E-state index in [1.165, 1.54) is 212 Å². The van der Waals surface area contributed by atoms with Crippen LogP contribution in [0.5, 0.6) is 0 Å². The summed E-state index contributed by atoms with van der Waals surface area (Å²) in [4.78, 5) is 24.5. The van der Waals surface area contributed by atoms with Gasteiger partial charge in [-0.2, -0.15) is 0 Å². The second-order valence-electron chi connectivity index (χ2n) is 18.6. The fourth-order valence-corrected chi connectivity index (χ4v) is 8.40. The van der Waals surface area contributed by atoms with E-state index in [2.05, 4.69) is 19.2 Å². The highest BCUT2D eigenvalue weighted by Gasteiger charge is 2.18. The molecule has 0 aliphatic carbocycles. The van der Waals surface area contributed by atoms with E-state index >= 15 is 0 Å². The number of amides is 1. The average molecular weight is 848 g/mol. The zero-order valence-electron chi connectivity index (χ0n) is 40.5. The van der Waals surface area contributed by atoms with Crippen molar-refractivity contribution in [3.8, 4) is 0 Å². The third kappa shape index (κ3) is 46.1. The number of aliphatic hydroxyl groups excluding tert-OH is 2. The minimum Gasteiger partial charge on any atom is -0.466 e. The van der Waals surface area contributed by atoms with E-state index < -0.39 is 12.1 Å². The Morgan fingerprint density at radius 1 is 0.450 bits per heavy atom. The molecule has 6 heteroatoms. The van der Waals surface area contributed by atoms with Crippen LogP contribution in [0.25, 0.3) is 0 Å². The van der Waals surface area contributed by atoms with Crippen LogP contribution in [-0.2, 0) is 14.3 Å². The molecule has 0 aliphatic heterocycles. The summed E-state index contributed by atoms with van der Waals surface area (Å²) in [6, 6.07) is -0.647. The first-order chi connectivity index (χ1) is 29.5. The molecule has 0 aromatic heterocycles. The lowest BCUT2D eigenvalue weighted by atomic mass is 10.0. The number of carbonyl (C=O) groups excluding carboxylic acids is 2. The Labute approximate surface area is 374 Å². The molecule has 0 spiro atoms. The first kappa shape index (κ1) is 58.6. The number of carbonyl (C=O) groups is 2. The lowest BCUT2D eigenvalue weighted by Crippen LogP contribution is -2.45. The van der Waals surface area contributed by atoms with Crippen molar-refractivity contribution in [3.63, 3.8) is 0 Å². The smallest absolute Gasteiger partial charge is 0.305 e. The minimum atomic E-state index is -0.861. The largest absolute Gasteiger partial charge is 0.466 e. The number of unbranched alkanes of at least 4 members (excludes halogenated alkanes) is 39. The summed E-state index contributed by atoms with van der Waals surface area (Å²) in [7, 11) is 0. The maximum absolute atomic E-state index is 12.4. The van der Waals surface area contributed by atoms with Gasteiger partial charge in [0.05, 0.1) is 25.4 Å². The normalized spacial score (nSPS) is 12.7. The van der Waals surface area contributed by atoms with Gasteiger partial charge in [-0.25, -0.2) is 0 Å². The minimum absolute atomic E-state index is 0.0250. The third-order valence-corrected chi connectivity index (χ3v) is 12.6. The number of allylic oxidation sites excluding steroid dienone is 1. The van der Waals surface area contributed by atoms with Gasteiger partial charge in [0.1, 0.15) is 0 Å². The number of ether oxygens (including phenoxy) is 1. The topological polar surface area (TPSA) is 95.9 Å². The summed E-state index contributed by atoms with van der Waals surface area (Å²) in [6.45, 7) is 4.86.